The van der Waals surface area contributed by atoms with E-state index in [9.17, 15) is 4.79 Å². The Hall–Kier alpha value is -3.32. The first kappa shape index (κ1) is 21.9. The number of carbonyl (C=O) groups excluding carboxylic acids is 1. The monoisotopic (exact) mass is 452 g/mol. The first-order valence-electron chi connectivity index (χ1n) is 10.4. The summed E-state index contributed by atoms with van der Waals surface area (Å²) >= 11 is 6.24. The summed E-state index contributed by atoms with van der Waals surface area (Å²) in [6.07, 6.45) is 0. The molecule has 0 fully saturated rings. The average molecular weight is 453 g/mol. The summed E-state index contributed by atoms with van der Waals surface area (Å²) in [5, 5.41) is 7.85. The highest BCUT2D eigenvalue weighted by Gasteiger charge is 2.36. The van der Waals surface area contributed by atoms with Gasteiger partial charge in [-0.25, -0.2) is 4.79 Å². The maximum Gasteiger partial charge on any atom is 0.322 e. The number of methoxy groups -OCH3 is 1. The first-order chi connectivity index (χ1) is 15.4. The number of hydrogen-bond donors (Lipinski definition) is 1. The molecular weight excluding hydrogens is 428 g/mol. The van der Waals surface area contributed by atoms with Crippen molar-refractivity contribution in [2.45, 2.75) is 26.8 Å². The summed E-state index contributed by atoms with van der Waals surface area (Å²) in [6.45, 7) is 6.61. The molecule has 8 heteroatoms. The van der Waals surface area contributed by atoms with Gasteiger partial charge in [0, 0.05) is 22.8 Å². The summed E-state index contributed by atoms with van der Waals surface area (Å²) < 4.78 is 10.9. The van der Waals surface area contributed by atoms with Gasteiger partial charge in [-0.05, 0) is 54.8 Å². The van der Waals surface area contributed by atoms with E-state index in [2.05, 4.69) is 29.3 Å². The molecule has 1 aliphatic rings. The van der Waals surface area contributed by atoms with Crippen molar-refractivity contribution >= 4 is 23.2 Å². The van der Waals surface area contributed by atoms with Gasteiger partial charge >= 0.3 is 6.03 Å². The number of allylic oxidation sites excluding steroid dienone is 1. The number of rotatable bonds is 6. The van der Waals surface area contributed by atoms with Crippen molar-refractivity contribution in [1.82, 2.24) is 20.4 Å². The van der Waals surface area contributed by atoms with Crippen molar-refractivity contribution < 1.29 is 14.1 Å². The van der Waals surface area contributed by atoms with E-state index in [0.717, 1.165) is 28.1 Å². The van der Waals surface area contributed by atoms with Crippen molar-refractivity contribution in [2.75, 3.05) is 13.7 Å². The van der Waals surface area contributed by atoms with Gasteiger partial charge in [-0.15, -0.1) is 0 Å². The average Bonchev–Trinajstić information content (AvgIpc) is 3.26. The quantitative estimate of drug-likeness (QED) is 0.530. The molecule has 0 saturated carbocycles. The number of aromatic nitrogens is 2. The molecule has 166 valence electrons. The lowest BCUT2D eigenvalue weighted by Gasteiger charge is -2.36. The summed E-state index contributed by atoms with van der Waals surface area (Å²) in [7, 11) is 1.62. The second kappa shape index (κ2) is 9.04. The van der Waals surface area contributed by atoms with E-state index < -0.39 is 6.04 Å². The number of amides is 2. The lowest BCUT2D eigenvalue weighted by atomic mass is 9.94. The smallest absolute Gasteiger partial charge is 0.322 e. The third kappa shape index (κ3) is 4.34. The number of halogens is 1. The van der Waals surface area contributed by atoms with Crippen LogP contribution in [-0.4, -0.2) is 34.7 Å². The minimum atomic E-state index is -0.464. The molecule has 0 aliphatic carbocycles. The number of hydrogen-bond acceptors (Lipinski definition) is 5. The van der Waals surface area contributed by atoms with Gasteiger partial charge in [0.25, 0.3) is 5.89 Å². The van der Waals surface area contributed by atoms with Gasteiger partial charge in [-0.2, -0.15) is 4.98 Å². The second-order valence-electron chi connectivity index (χ2n) is 8.09. The van der Waals surface area contributed by atoms with Crippen LogP contribution in [0.2, 0.25) is 5.02 Å². The van der Waals surface area contributed by atoms with Gasteiger partial charge in [-0.1, -0.05) is 42.7 Å². The molecule has 0 saturated heterocycles. The molecule has 0 spiro atoms. The molecule has 2 heterocycles. The molecule has 1 unspecified atom stereocenters. The Balaban J connectivity index is 1.79. The van der Waals surface area contributed by atoms with Crippen molar-refractivity contribution in [3.05, 3.63) is 70.7 Å². The van der Waals surface area contributed by atoms with Crippen LogP contribution in [0.1, 0.15) is 38.3 Å². The van der Waals surface area contributed by atoms with Gasteiger partial charge in [0.2, 0.25) is 5.82 Å². The van der Waals surface area contributed by atoms with Crippen LogP contribution in [0.25, 0.3) is 17.0 Å². The molecule has 2 aromatic carbocycles. The fourth-order valence-corrected chi connectivity index (χ4v) is 3.97. The molecule has 7 nitrogen and oxygen atoms in total. The van der Waals surface area contributed by atoms with Crippen LogP contribution in [-0.2, 0) is 0 Å². The van der Waals surface area contributed by atoms with Crippen LogP contribution in [0.4, 0.5) is 4.79 Å². The fraction of sp³-hybridized carbons (Fsp3) is 0.292. The van der Waals surface area contributed by atoms with E-state index >= 15 is 0 Å². The zero-order chi connectivity index (χ0) is 22.8. The molecule has 4 rings (SSSR count). The third-order valence-corrected chi connectivity index (χ3v) is 5.57. The molecular formula is C24H25ClN4O3. The van der Waals surface area contributed by atoms with Gasteiger partial charge in [0.05, 0.1) is 18.7 Å². The second-order valence-corrected chi connectivity index (χ2v) is 8.53. The number of nitrogens with zero attached hydrogens (tertiary/aromatic N) is 3. The van der Waals surface area contributed by atoms with Crippen LogP contribution in [0, 0.1) is 5.92 Å². The van der Waals surface area contributed by atoms with Crippen molar-refractivity contribution in [2.24, 2.45) is 5.92 Å². The summed E-state index contributed by atoms with van der Waals surface area (Å²) in [5.74, 6) is 1.85. The standard InChI is InChI=1S/C24H25ClN4O3/c1-14(2)13-29-15(3)20(21(26-24(29)30)17-6-5-7-18(25)12-17)23-27-22(28-32-23)16-8-10-19(31-4)11-9-16/h5-12,14,21H,13H2,1-4H3,(H,26,30). The van der Waals surface area contributed by atoms with Crippen molar-refractivity contribution in [3.63, 3.8) is 0 Å². The Labute approximate surface area is 192 Å². The highest BCUT2D eigenvalue weighted by molar-refractivity contribution is 6.30. The van der Waals surface area contributed by atoms with Gasteiger partial charge in [0.1, 0.15) is 5.75 Å². The van der Waals surface area contributed by atoms with E-state index in [-0.39, 0.29) is 11.9 Å². The number of urea groups is 1. The van der Waals surface area contributed by atoms with Crippen LogP contribution >= 0.6 is 11.6 Å². The van der Waals surface area contributed by atoms with Gasteiger partial charge < -0.3 is 14.6 Å². The largest absolute Gasteiger partial charge is 0.497 e. The molecule has 1 aromatic heterocycles. The summed E-state index contributed by atoms with van der Waals surface area (Å²) in [5.41, 5.74) is 3.17. The van der Waals surface area contributed by atoms with Crippen LogP contribution in [0.5, 0.6) is 5.75 Å². The Bertz CT molecular complexity index is 1150. The Morgan fingerprint density at radius 2 is 1.97 bits per heavy atom. The maximum absolute atomic E-state index is 12.9. The zero-order valence-corrected chi connectivity index (χ0v) is 19.2. The Kier molecular flexibility index (Phi) is 6.19. The fourth-order valence-electron chi connectivity index (χ4n) is 3.77. The molecule has 32 heavy (non-hydrogen) atoms. The molecule has 2 amide bonds. The number of ether oxygens (including phenoxy) is 1. The molecule has 1 atom stereocenters. The van der Waals surface area contributed by atoms with Crippen molar-refractivity contribution in [1.29, 1.82) is 0 Å². The van der Waals surface area contributed by atoms with Crippen molar-refractivity contribution in [3.8, 4) is 17.1 Å². The summed E-state index contributed by atoms with van der Waals surface area (Å²) in [4.78, 5) is 19.3. The maximum atomic E-state index is 12.9. The molecule has 0 radical (unpaired) electrons. The predicted octanol–water partition coefficient (Wildman–Crippen LogP) is 5.55. The lowest BCUT2D eigenvalue weighted by Crippen LogP contribution is -2.47. The number of benzene rings is 2. The molecule has 1 aliphatic heterocycles. The van der Waals surface area contributed by atoms with E-state index in [1.54, 1.807) is 18.1 Å². The molecule has 3 aromatic rings. The van der Waals surface area contributed by atoms with Crippen LogP contribution in [0.3, 0.4) is 0 Å². The van der Waals surface area contributed by atoms with E-state index in [4.69, 9.17) is 20.9 Å². The minimum absolute atomic E-state index is 0.167. The Morgan fingerprint density at radius 1 is 1.22 bits per heavy atom. The topological polar surface area (TPSA) is 80.5 Å². The number of nitrogens with one attached hydrogen (secondary N) is 1. The van der Waals surface area contributed by atoms with Gasteiger partial charge in [0.15, 0.2) is 0 Å². The first-order valence-corrected chi connectivity index (χ1v) is 10.8. The number of carbonyl (C=O) groups is 1. The SMILES string of the molecule is COc1ccc(-c2noc(C3=C(C)N(CC(C)C)C(=O)NC3c3cccc(Cl)c3)n2)cc1. The minimum Gasteiger partial charge on any atom is -0.497 e. The Morgan fingerprint density at radius 3 is 2.62 bits per heavy atom. The van der Waals surface area contributed by atoms with E-state index in [0.29, 0.717) is 23.3 Å². The lowest BCUT2D eigenvalue weighted by molar-refractivity contribution is 0.199. The molecule has 0 bridgehead atoms. The van der Waals surface area contributed by atoms with Gasteiger partial charge in [-0.3, -0.25) is 4.90 Å². The highest BCUT2D eigenvalue weighted by Crippen LogP contribution is 2.38. The predicted molar refractivity (Wildman–Crippen MR) is 123 cm³/mol. The van der Waals surface area contributed by atoms with Crippen LogP contribution in [0.15, 0.2) is 58.8 Å². The molecule has 1 N–H and O–H groups in total. The third-order valence-electron chi connectivity index (χ3n) is 5.33. The zero-order valence-electron chi connectivity index (χ0n) is 18.4. The highest BCUT2D eigenvalue weighted by atomic mass is 35.5. The normalized spacial score (nSPS) is 16.5. The van der Waals surface area contributed by atoms with E-state index in [1.165, 1.54) is 0 Å². The van der Waals surface area contributed by atoms with Crippen LogP contribution < -0.4 is 10.1 Å². The summed E-state index contributed by atoms with van der Waals surface area (Å²) in [6, 6.07) is 14.2. The van der Waals surface area contributed by atoms with E-state index in [1.807, 2.05) is 49.4 Å².